The number of carbonyl (C=O) groups excluding carboxylic acids is 1. The Morgan fingerprint density at radius 2 is 1.93 bits per heavy atom. The molecule has 0 aliphatic carbocycles. The van der Waals surface area contributed by atoms with Crippen molar-refractivity contribution in [1.82, 2.24) is 0 Å². The van der Waals surface area contributed by atoms with Crippen molar-refractivity contribution < 1.29 is 17.9 Å². The van der Waals surface area contributed by atoms with E-state index in [1.807, 2.05) is 6.92 Å². The largest absolute Gasteiger partial charge is 0.375 e. The SMILES string of the molecule is CCOC1(CC=O)CCS(=O)(=O)CC1. The number of rotatable bonds is 4. The molecule has 1 aliphatic heterocycles. The Bertz CT molecular complexity index is 280. The lowest BCUT2D eigenvalue weighted by Gasteiger charge is -2.35. The van der Waals surface area contributed by atoms with Crippen LogP contribution >= 0.6 is 0 Å². The van der Waals surface area contributed by atoms with Gasteiger partial charge in [-0.25, -0.2) is 8.42 Å². The van der Waals surface area contributed by atoms with Crippen molar-refractivity contribution in [2.75, 3.05) is 18.1 Å². The third-order valence-electron chi connectivity index (χ3n) is 2.64. The highest BCUT2D eigenvalue weighted by Crippen LogP contribution is 2.30. The van der Waals surface area contributed by atoms with Gasteiger partial charge in [0, 0.05) is 13.0 Å². The molecule has 1 saturated heterocycles. The van der Waals surface area contributed by atoms with Crippen LogP contribution in [0.5, 0.6) is 0 Å². The standard InChI is InChI=1S/C9H16O4S/c1-2-13-9(3-6-10)4-7-14(11,12)8-5-9/h6H,2-5,7-8H2,1H3. The summed E-state index contributed by atoms with van der Waals surface area (Å²) in [7, 11) is -2.89. The Morgan fingerprint density at radius 1 is 1.36 bits per heavy atom. The first-order chi connectivity index (χ1) is 6.54. The summed E-state index contributed by atoms with van der Waals surface area (Å²) >= 11 is 0. The minimum absolute atomic E-state index is 0.140. The maximum Gasteiger partial charge on any atom is 0.150 e. The van der Waals surface area contributed by atoms with Gasteiger partial charge >= 0.3 is 0 Å². The van der Waals surface area contributed by atoms with Crippen LogP contribution in [-0.4, -0.2) is 38.4 Å². The summed E-state index contributed by atoms with van der Waals surface area (Å²) in [4.78, 5) is 10.5. The molecular formula is C9H16O4S. The van der Waals surface area contributed by atoms with Gasteiger partial charge in [-0.15, -0.1) is 0 Å². The van der Waals surface area contributed by atoms with Crippen molar-refractivity contribution in [2.45, 2.75) is 31.8 Å². The molecular weight excluding hydrogens is 204 g/mol. The molecule has 0 aromatic rings. The quantitative estimate of drug-likeness (QED) is 0.649. The molecule has 1 fully saturated rings. The molecule has 0 radical (unpaired) electrons. The van der Waals surface area contributed by atoms with Gasteiger partial charge in [-0.1, -0.05) is 0 Å². The Labute approximate surface area is 84.6 Å². The zero-order valence-corrected chi connectivity index (χ0v) is 9.18. The molecule has 0 aromatic heterocycles. The number of hydrogen-bond acceptors (Lipinski definition) is 4. The smallest absolute Gasteiger partial charge is 0.150 e. The summed E-state index contributed by atoms with van der Waals surface area (Å²) < 4.78 is 27.9. The van der Waals surface area contributed by atoms with Crippen molar-refractivity contribution in [3.05, 3.63) is 0 Å². The fraction of sp³-hybridized carbons (Fsp3) is 0.889. The van der Waals surface area contributed by atoms with E-state index in [4.69, 9.17) is 4.74 Å². The van der Waals surface area contributed by atoms with Crippen molar-refractivity contribution in [3.8, 4) is 0 Å². The second-order valence-corrected chi connectivity index (χ2v) is 5.94. The maximum absolute atomic E-state index is 11.2. The van der Waals surface area contributed by atoms with Crippen molar-refractivity contribution in [3.63, 3.8) is 0 Å². The van der Waals surface area contributed by atoms with Gasteiger partial charge in [0.25, 0.3) is 0 Å². The van der Waals surface area contributed by atoms with Gasteiger partial charge in [0.1, 0.15) is 6.29 Å². The predicted octanol–water partition coefficient (Wildman–Crippen LogP) is 0.559. The number of sulfone groups is 1. The van der Waals surface area contributed by atoms with Crippen LogP contribution < -0.4 is 0 Å². The summed E-state index contributed by atoms with van der Waals surface area (Å²) in [5, 5.41) is 0. The van der Waals surface area contributed by atoms with Crippen LogP contribution in [0.3, 0.4) is 0 Å². The average Bonchev–Trinajstić information content (AvgIpc) is 2.12. The van der Waals surface area contributed by atoms with E-state index in [0.29, 0.717) is 25.9 Å². The lowest BCUT2D eigenvalue weighted by Crippen LogP contribution is -2.42. The molecule has 0 unspecified atom stereocenters. The molecule has 4 nitrogen and oxygen atoms in total. The fourth-order valence-electron chi connectivity index (χ4n) is 1.78. The number of ether oxygens (including phenoxy) is 1. The summed E-state index contributed by atoms with van der Waals surface area (Å²) in [6.45, 7) is 2.38. The Morgan fingerprint density at radius 3 is 2.36 bits per heavy atom. The van der Waals surface area contributed by atoms with Crippen LogP contribution in [0.15, 0.2) is 0 Å². The van der Waals surface area contributed by atoms with E-state index in [1.54, 1.807) is 0 Å². The minimum Gasteiger partial charge on any atom is -0.375 e. The van der Waals surface area contributed by atoms with Gasteiger partial charge in [-0.2, -0.15) is 0 Å². The maximum atomic E-state index is 11.2. The third-order valence-corrected chi connectivity index (χ3v) is 4.30. The van der Waals surface area contributed by atoms with E-state index in [0.717, 1.165) is 6.29 Å². The molecule has 0 N–H and O–H groups in total. The molecule has 0 bridgehead atoms. The van der Waals surface area contributed by atoms with Crippen molar-refractivity contribution in [1.29, 1.82) is 0 Å². The fourth-order valence-corrected chi connectivity index (χ4v) is 3.35. The van der Waals surface area contributed by atoms with Gasteiger partial charge in [-0.3, -0.25) is 0 Å². The Hall–Kier alpha value is -0.420. The monoisotopic (exact) mass is 220 g/mol. The third kappa shape index (κ3) is 2.78. The van der Waals surface area contributed by atoms with E-state index >= 15 is 0 Å². The number of aldehydes is 1. The second kappa shape index (κ2) is 4.40. The molecule has 1 aliphatic rings. The highest BCUT2D eigenvalue weighted by molar-refractivity contribution is 7.91. The zero-order valence-electron chi connectivity index (χ0n) is 8.36. The average molecular weight is 220 g/mol. The second-order valence-electron chi connectivity index (χ2n) is 3.64. The summed E-state index contributed by atoms with van der Waals surface area (Å²) in [5.74, 6) is 0.279. The van der Waals surface area contributed by atoms with Gasteiger partial charge in [0.2, 0.25) is 0 Å². The number of hydrogen-bond donors (Lipinski definition) is 0. The van der Waals surface area contributed by atoms with Crippen LogP contribution in [-0.2, 0) is 19.4 Å². The summed E-state index contributed by atoms with van der Waals surface area (Å²) in [6, 6.07) is 0. The Balaban J connectivity index is 2.68. The Kier molecular flexibility index (Phi) is 3.66. The minimum atomic E-state index is -2.89. The van der Waals surface area contributed by atoms with E-state index in [9.17, 15) is 13.2 Å². The van der Waals surface area contributed by atoms with E-state index in [-0.39, 0.29) is 11.5 Å². The molecule has 82 valence electrons. The first-order valence-corrected chi connectivity index (χ1v) is 6.64. The highest BCUT2D eigenvalue weighted by Gasteiger charge is 2.37. The lowest BCUT2D eigenvalue weighted by molar-refractivity contribution is -0.116. The molecule has 0 saturated carbocycles. The first kappa shape index (κ1) is 11.7. The molecule has 0 spiro atoms. The van der Waals surface area contributed by atoms with E-state index in [1.165, 1.54) is 0 Å². The topological polar surface area (TPSA) is 60.4 Å². The van der Waals surface area contributed by atoms with Crippen LogP contribution in [0.1, 0.15) is 26.2 Å². The summed E-state index contributed by atoms with van der Waals surface area (Å²) in [6.07, 6.45) is 2.01. The normalized spacial score (nSPS) is 24.4. The van der Waals surface area contributed by atoms with Crippen LogP contribution in [0, 0.1) is 0 Å². The van der Waals surface area contributed by atoms with Crippen LogP contribution in [0.2, 0.25) is 0 Å². The van der Waals surface area contributed by atoms with Crippen LogP contribution in [0.25, 0.3) is 0 Å². The molecule has 0 atom stereocenters. The predicted molar refractivity (Wildman–Crippen MR) is 52.9 cm³/mol. The molecule has 5 heteroatoms. The van der Waals surface area contributed by atoms with Gasteiger partial charge in [0.05, 0.1) is 17.1 Å². The summed E-state index contributed by atoms with van der Waals surface area (Å²) in [5.41, 5.74) is -0.512. The molecule has 0 aromatic carbocycles. The van der Waals surface area contributed by atoms with E-state index in [2.05, 4.69) is 0 Å². The number of carbonyl (C=O) groups is 1. The van der Waals surface area contributed by atoms with Gasteiger partial charge < -0.3 is 9.53 Å². The molecule has 1 heterocycles. The van der Waals surface area contributed by atoms with Crippen molar-refractivity contribution in [2.24, 2.45) is 0 Å². The van der Waals surface area contributed by atoms with E-state index < -0.39 is 15.4 Å². The zero-order chi connectivity index (χ0) is 10.7. The van der Waals surface area contributed by atoms with Crippen molar-refractivity contribution >= 4 is 16.1 Å². The highest BCUT2D eigenvalue weighted by atomic mass is 32.2. The van der Waals surface area contributed by atoms with Gasteiger partial charge in [-0.05, 0) is 19.8 Å². The first-order valence-electron chi connectivity index (χ1n) is 4.82. The van der Waals surface area contributed by atoms with Crippen LogP contribution in [0.4, 0.5) is 0 Å². The van der Waals surface area contributed by atoms with Gasteiger partial charge in [0.15, 0.2) is 9.84 Å². The molecule has 1 rings (SSSR count). The molecule has 0 amide bonds. The molecule has 14 heavy (non-hydrogen) atoms. The lowest BCUT2D eigenvalue weighted by atomic mass is 9.93.